The average Bonchev–Trinajstić information content (AvgIpc) is 2.40. The molecule has 0 aliphatic rings. The summed E-state index contributed by atoms with van der Waals surface area (Å²) in [6, 6.07) is 0. The van der Waals surface area contributed by atoms with Gasteiger partial charge in [-0.1, -0.05) is 13.3 Å². The van der Waals surface area contributed by atoms with Crippen molar-refractivity contribution in [2.45, 2.75) is 40.5 Å². The molecule has 0 amide bonds. The molecule has 0 rings (SSSR count). The first-order valence-corrected chi connectivity index (χ1v) is 5.56. The van der Waals surface area contributed by atoms with Gasteiger partial charge in [-0.25, -0.2) is 14.7 Å². The fraction of sp³-hybridized carbons (Fsp3) is 1.00. The molecule has 0 aromatic heterocycles. The third-order valence-electron chi connectivity index (χ3n) is 0.899. The van der Waals surface area contributed by atoms with Crippen molar-refractivity contribution < 1.29 is 57.3 Å². The van der Waals surface area contributed by atoms with Gasteiger partial charge in [0.15, 0.2) is 0 Å². The van der Waals surface area contributed by atoms with Crippen LogP contribution in [0.4, 0.5) is 0 Å². The SMILES string of the molecule is CCCCO.CCOO.CCOO.CCOO.[Ti]. The molecule has 0 bridgehead atoms. The molecule has 0 fully saturated rings. The number of hydrogen-bond acceptors (Lipinski definition) is 7. The second-order valence-electron chi connectivity index (χ2n) is 2.33. The van der Waals surface area contributed by atoms with Crippen LogP contribution in [0.2, 0.25) is 0 Å². The molecule has 4 N–H and O–H groups in total. The van der Waals surface area contributed by atoms with E-state index in [1.807, 2.05) is 0 Å². The van der Waals surface area contributed by atoms with Crippen LogP contribution < -0.4 is 0 Å². The van der Waals surface area contributed by atoms with Gasteiger partial charge in [-0.05, 0) is 27.2 Å². The second kappa shape index (κ2) is 52.9. The summed E-state index contributed by atoms with van der Waals surface area (Å²) >= 11 is 0. The van der Waals surface area contributed by atoms with E-state index in [0.29, 0.717) is 26.4 Å². The molecule has 0 spiro atoms. The van der Waals surface area contributed by atoms with Crippen LogP contribution in [0.25, 0.3) is 0 Å². The molecule has 0 radical (unpaired) electrons. The molecular formula is C10H28O7Ti. The standard InChI is InChI=1S/C4H10O.3C2H6O2.Ti/c1-2-3-4-5;3*1-2-4-3;/h5H,2-4H2,1H3;3*3H,2H2,1H3;. The molecule has 114 valence electrons. The summed E-state index contributed by atoms with van der Waals surface area (Å²) in [6.07, 6.45) is 2.04. The van der Waals surface area contributed by atoms with E-state index in [9.17, 15) is 0 Å². The van der Waals surface area contributed by atoms with E-state index >= 15 is 0 Å². The van der Waals surface area contributed by atoms with Gasteiger partial charge in [0.05, 0.1) is 19.8 Å². The maximum absolute atomic E-state index is 8.07. The Balaban J connectivity index is -0.0000000412. The van der Waals surface area contributed by atoms with Gasteiger partial charge in [0, 0.05) is 28.3 Å². The summed E-state index contributed by atoms with van der Waals surface area (Å²) in [6.45, 7) is 8.65. The van der Waals surface area contributed by atoms with Crippen LogP contribution in [0.15, 0.2) is 0 Å². The number of aliphatic hydroxyl groups is 1. The Morgan fingerprint density at radius 1 is 0.722 bits per heavy atom. The first-order chi connectivity index (χ1) is 8.16. The van der Waals surface area contributed by atoms with Crippen molar-refractivity contribution in [2.24, 2.45) is 0 Å². The predicted molar refractivity (Wildman–Crippen MR) is 64.8 cm³/mol. The molecule has 8 heteroatoms. The molecule has 7 nitrogen and oxygen atoms in total. The smallest absolute Gasteiger partial charge is 0.0791 e. The van der Waals surface area contributed by atoms with Crippen molar-refractivity contribution in [1.82, 2.24) is 0 Å². The van der Waals surface area contributed by atoms with Crippen molar-refractivity contribution in [1.29, 1.82) is 0 Å². The van der Waals surface area contributed by atoms with Gasteiger partial charge >= 0.3 is 0 Å². The normalized spacial score (nSPS) is 7.33. The number of hydrogen-bond donors (Lipinski definition) is 4. The summed E-state index contributed by atoms with van der Waals surface area (Å²) in [4.78, 5) is 10.6. The molecule has 18 heavy (non-hydrogen) atoms. The third-order valence-corrected chi connectivity index (χ3v) is 0.899. The summed E-state index contributed by atoms with van der Waals surface area (Å²) in [5, 5.41) is 30.2. The third kappa shape index (κ3) is 133. The summed E-state index contributed by atoms with van der Waals surface area (Å²) in [5.41, 5.74) is 0. The molecule has 0 aromatic carbocycles. The van der Waals surface area contributed by atoms with Crippen LogP contribution in [0.3, 0.4) is 0 Å². The van der Waals surface area contributed by atoms with Gasteiger partial charge in [-0.15, -0.1) is 0 Å². The Kier molecular flexibility index (Phi) is 91.2. The van der Waals surface area contributed by atoms with Crippen molar-refractivity contribution in [3.8, 4) is 0 Å². The molecule has 0 saturated heterocycles. The Bertz CT molecular complexity index is 61.7. The van der Waals surface area contributed by atoms with Crippen LogP contribution in [0, 0.1) is 0 Å². The van der Waals surface area contributed by atoms with Crippen molar-refractivity contribution in [3.63, 3.8) is 0 Å². The second-order valence-corrected chi connectivity index (χ2v) is 2.33. The molecular weight excluding hydrogens is 280 g/mol. The zero-order valence-electron chi connectivity index (χ0n) is 11.8. The zero-order chi connectivity index (χ0) is 14.4. The predicted octanol–water partition coefficient (Wildman–Crippen LogP) is 2.26. The van der Waals surface area contributed by atoms with E-state index in [1.54, 1.807) is 20.8 Å². The Hall–Kier alpha value is 0.434. The minimum Gasteiger partial charge on any atom is -0.396 e. The Morgan fingerprint density at radius 3 is 0.944 bits per heavy atom. The minimum atomic E-state index is 0. The summed E-state index contributed by atoms with van der Waals surface area (Å²) < 4.78 is 0. The van der Waals surface area contributed by atoms with E-state index in [1.165, 1.54) is 0 Å². The molecule has 0 unspecified atom stereocenters. The maximum Gasteiger partial charge on any atom is 0.0791 e. The van der Waals surface area contributed by atoms with Crippen LogP contribution in [0.5, 0.6) is 0 Å². The number of rotatable bonds is 5. The van der Waals surface area contributed by atoms with E-state index < -0.39 is 0 Å². The molecule has 0 heterocycles. The van der Waals surface area contributed by atoms with Gasteiger partial charge < -0.3 is 5.11 Å². The molecule has 0 aliphatic carbocycles. The van der Waals surface area contributed by atoms with Gasteiger partial charge in [-0.3, -0.25) is 15.8 Å². The van der Waals surface area contributed by atoms with Crippen molar-refractivity contribution >= 4 is 0 Å². The minimum absolute atomic E-state index is 0. The van der Waals surface area contributed by atoms with Gasteiger partial charge in [0.2, 0.25) is 0 Å². The molecule has 0 aromatic rings. The largest absolute Gasteiger partial charge is 0.396 e. The molecule has 0 saturated carbocycles. The molecule has 0 aliphatic heterocycles. The monoisotopic (exact) mass is 308 g/mol. The maximum atomic E-state index is 8.07. The topological polar surface area (TPSA) is 109 Å². The average molecular weight is 308 g/mol. The van der Waals surface area contributed by atoms with Gasteiger partial charge in [0.25, 0.3) is 0 Å². The van der Waals surface area contributed by atoms with E-state index in [-0.39, 0.29) is 21.7 Å². The van der Waals surface area contributed by atoms with Gasteiger partial charge in [-0.2, -0.15) is 0 Å². The van der Waals surface area contributed by atoms with Crippen LogP contribution in [-0.4, -0.2) is 47.3 Å². The van der Waals surface area contributed by atoms with Crippen molar-refractivity contribution in [2.75, 3.05) is 26.4 Å². The number of aliphatic hydroxyl groups excluding tert-OH is 1. The summed E-state index contributed by atoms with van der Waals surface area (Å²) in [5.74, 6) is 0. The summed E-state index contributed by atoms with van der Waals surface area (Å²) in [7, 11) is 0. The van der Waals surface area contributed by atoms with E-state index in [0.717, 1.165) is 12.8 Å². The van der Waals surface area contributed by atoms with Crippen LogP contribution >= 0.6 is 0 Å². The Morgan fingerprint density at radius 2 is 0.944 bits per heavy atom. The first kappa shape index (κ1) is 31.0. The van der Waals surface area contributed by atoms with E-state index in [2.05, 4.69) is 21.6 Å². The first-order valence-electron chi connectivity index (χ1n) is 5.56. The quantitative estimate of drug-likeness (QED) is 0.350. The fourth-order valence-corrected chi connectivity index (χ4v) is 0.158. The van der Waals surface area contributed by atoms with Gasteiger partial charge in [0.1, 0.15) is 0 Å². The zero-order valence-corrected chi connectivity index (χ0v) is 13.3. The van der Waals surface area contributed by atoms with Crippen molar-refractivity contribution in [3.05, 3.63) is 0 Å². The molecule has 0 atom stereocenters. The van der Waals surface area contributed by atoms with E-state index in [4.69, 9.17) is 20.9 Å². The number of unbranched alkanes of at least 4 members (excludes halogenated alkanes) is 1. The Labute approximate surface area is 124 Å². The van der Waals surface area contributed by atoms with Crippen LogP contribution in [0.1, 0.15) is 40.5 Å². The fourth-order valence-electron chi connectivity index (χ4n) is 0.158. The van der Waals surface area contributed by atoms with Crippen LogP contribution in [-0.2, 0) is 36.4 Å².